The monoisotopic (exact) mass is 354 g/mol. The van der Waals surface area contributed by atoms with Gasteiger partial charge < -0.3 is 15.4 Å². The number of aromatic nitrogens is 1. The average molecular weight is 354 g/mol. The van der Waals surface area contributed by atoms with Crippen LogP contribution in [0.15, 0.2) is 30.3 Å². The number of hydrogen-bond acceptors (Lipinski definition) is 3. The highest BCUT2D eigenvalue weighted by atomic mass is 16.4. The van der Waals surface area contributed by atoms with Gasteiger partial charge in [0.2, 0.25) is 0 Å². The summed E-state index contributed by atoms with van der Waals surface area (Å²) in [4.78, 5) is 39.2. The lowest BCUT2D eigenvalue weighted by molar-refractivity contribution is -0.141. The molecule has 0 radical (unpaired) electrons. The molecule has 26 heavy (non-hydrogen) atoms. The first kappa shape index (κ1) is 17.9. The highest BCUT2D eigenvalue weighted by Gasteiger charge is 2.27. The van der Waals surface area contributed by atoms with E-state index in [0.29, 0.717) is 29.7 Å². The number of Topliss-reactive ketones (excluding diaryl/α,β-unsaturated/α-hetero) is 1. The molecular formula is C20H22N2O4. The fourth-order valence-corrected chi connectivity index (χ4v) is 3.45. The quantitative estimate of drug-likeness (QED) is 0.742. The van der Waals surface area contributed by atoms with Gasteiger partial charge in [-0.3, -0.25) is 14.4 Å². The minimum atomic E-state index is -0.952. The number of amides is 1. The molecule has 0 spiro atoms. The third kappa shape index (κ3) is 3.69. The van der Waals surface area contributed by atoms with Gasteiger partial charge in [0.05, 0.1) is 5.92 Å². The summed E-state index contributed by atoms with van der Waals surface area (Å²) < 4.78 is 0. The number of carboxylic acid groups (broad SMARTS) is 1. The van der Waals surface area contributed by atoms with Crippen molar-refractivity contribution in [2.45, 2.75) is 32.6 Å². The van der Waals surface area contributed by atoms with Crippen LogP contribution in [-0.4, -0.2) is 34.3 Å². The SMILES string of the molecule is Cc1c(C(=O)NCC(Cc2ccccc2)C(=O)O)[nH]c2c1C(=O)CCC2. The molecule has 3 N–H and O–H groups in total. The van der Waals surface area contributed by atoms with E-state index in [1.54, 1.807) is 6.92 Å². The fraction of sp³-hybridized carbons (Fsp3) is 0.350. The summed E-state index contributed by atoms with van der Waals surface area (Å²) in [5, 5.41) is 12.1. The van der Waals surface area contributed by atoms with Crippen LogP contribution >= 0.6 is 0 Å². The molecule has 1 aromatic carbocycles. The van der Waals surface area contributed by atoms with Crippen molar-refractivity contribution in [2.75, 3.05) is 6.54 Å². The number of hydrogen-bond donors (Lipinski definition) is 3. The number of nitrogens with one attached hydrogen (secondary N) is 2. The predicted molar refractivity (Wildman–Crippen MR) is 96.4 cm³/mol. The number of aromatic amines is 1. The number of carbonyl (C=O) groups excluding carboxylic acids is 2. The maximum absolute atomic E-state index is 12.5. The highest BCUT2D eigenvalue weighted by Crippen LogP contribution is 2.26. The second kappa shape index (κ2) is 7.56. The van der Waals surface area contributed by atoms with Crippen molar-refractivity contribution in [2.24, 2.45) is 5.92 Å². The summed E-state index contributed by atoms with van der Waals surface area (Å²) in [5.74, 6) is -1.98. The largest absolute Gasteiger partial charge is 0.481 e. The van der Waals surface area contributed by atoms with Gasteiger partial charge >= 0.3 is 5.97 Å². The van der Waals surface area contributed by atoms with Crippen molar-refractivity contribution in [3.8, 4) is 0 Å². The standard InChI is InChI=1S/C20H22N2O4/c1-12-17-15(8-5-9-16(17)23)22-18(12)19(24)21-11-14(20(25)26)10-13-6-3-2-4-7-13/h2-4,6-7,14,22H,5,8-11H2,1H3,(H,21,24)(H,25,26). The third-order valence-electron chi connectivity index (χ3n) is 4.85. The van der Waals surface area contributed by atoms with Crippen molar-refractivity contribution in [1.29, 1.82) is 0 Å². The van der Waals surface area contributed by atoms with Crippen molar-refractivity contribution >= 4 is 17.7 Å². The first-order valence-electron chi connectivity index (χ1n) is 8.77. The minimum Gasteiger partial charge on any atom is -0.481 e. The van der Waals surface area contributed by atoms with E-state index in [-0.39, 0.29) is 18.2 Å². The van der Waals surface area contributed by atoms with Crippen LogP contribution in [0.1, 0.15) is 50.5 Å². The van der Waals surface area contributed by atoms with E-state index < -0.39 is 11.9 Å². The molecule has 0 aliphatic heterocycles. The normalized spacial score (nSPS) is 14.6. The van der Waals surface area contributed by atoms with E-state index in [0.717, 1.165) is 24.1 Å². The smallest absolute Gasteiger partial charge is 0.308 e. The van der Waals surface area contributed by atoms with E-state index in [4.69, 9.17) is 0 Å². The number of carbonyl (C=O) groups is 3. The fourth-order valence-electron chi connectivity index (χ4n) is 3.45. The van der Waals surface area contributed by atoms with Crippen LogP contribution in [-0.2, 0) is 17.6 Å². The van der Waals surface area contributed by atoms with Crippen LogP contribution in [0.4, 0.5) is 0 Å². The summed E-state index contributed by atoms with van der Waals surface area (Å²) in [7, 11) is 0. The Hall–Kier alpha value is -2.89. The molecule has 0 saturated heterocycles. The van der Waals surface area contributed by atoms with Gasteiger partial charge in [0, 0.05) is 24.2 Å². The van der Waals surface area contributed by atoms with Gasteiger partial charge in [0.15, 0.2) is 5.78 Å². The zero-order chi connectivity index (χ0) is 18.7. The topological polar surface area (TPSA) is 99.3 Å². The molecule has 1 amide bonds. The van der Waals surface area contributed by atoms with E-state index in [1.165, 1.54) is 0 Å². The molecule has 0 saturated carbocycles. The average Bonchev–Trinajstić information content (AvgIpc) is 2.97. The highest BCUT2D eigenvalue weighted by molar-refractivity contribution is 6.04. The molecule has 1 unspecified atom stereocenters. The van der Waals surface area contributed by atoms with Gasteiger partial charge in [-0.2, -0.15) is 0 Å². The lowest BCUT2D eigenvalue weighted by Crippen LogP contribution is -2.34. The third-order valence-corrected chi connectivity index (χ3v) is 4.85. The second-order valence-corrected chi connectivity index (χ2v) is 6.69. The molecule has 1 aliphatic rings. The van der Waals surface area contributed by atoms with Crippen molar-refractivity contribution < 1.29 is 19.5 Å². The molecule has 3 rings (SSSR count). The summed E-state index contributed by atoms with van der Waals surface area (Å²) >= 11 is 0. The number of rotatable bonds is 6. The lowest BCUT2D eigenvalue weighted by atomic mass is 9.94. The van der Waals surface area contributed by atoms with Gasteiger partial charge in [-0.15, -0.1) is 0 Å². The number of aryl methyl sites for hydroxylation is 1. The molecule has 1 aromatic heterocycles. The first-order chi connectivity index (χ1) is 12.5. The van der Waals surface area contributed by atoms with Gasteiger partial charge in [-0.05, 0) is 37.3 Å². The Kier molecular flexibility index (Phi) is 5.21. The maximum atomic E-state index is 12.5. The van der Waals surface area contributed by atoms with Crippen LogP contribution < -0.4 is 5.32 Å². The van der Waals surface area contributed by atoms with E-state index in [1.807, 2.05) is 30.3 Å². The zero-order valence-corrected chi connectivity index (χ0v) is 14.7. The lowest BCUT2D eigenvalue weighted by Gasteiger charge is -2.13. The van der Waals surface area contributed by atoms with Crippen LogP contribution in [0.2, 0.25) is 0 Å². The second-order valence-electron chi connectivity index (χ2n) is 6.69. The number of benzene rings is 1. The molecule has 6 heteroatoms. The van der Waals surface area contributed by atoms with E-state index >= 15 is 0 Å². The van der Waals surface area contributed by atoms with E-state index in [2.05, 4.69) is 10.3 Å². The Bertz CT molecular complexity index is 839. The van der Waals surface area contributed by atoms with Crippen LogP contribution in [0.5, 0.6) is 0 Å². The van der Waals surface area contributed by atoms with Gasteiger partial charge in [0.1, 0.15) is 5.69 Å². The first-order valence-corrected chi connectivity index (χ1v) is 8.77. The maximum Gasteiger partial charge on any atom is 0.308 e. The van der Waals surface area contributed by atoms with Crippen molar-refractivity contribution in [3.63, 3.8) is 0 Å². The number of carboxylic acids is 1. The van der Waals surface area contributed by atoms with Gasteiger partial charge in [-0.25, -0.2) is 0 Å². The summed E-state index contributed by atoms with van der Waals surface area (Å²) in [6.07, 6.45) is 2.38. The Morgan fingerprint density at radius 1 is 1.23 bits per heavy atom. The molecule has 0 bridgehead atoms. The van der Waals surface area contributed by atoms with Gasteiger partial charge in [0.25, 0.3) is 5.91 Å². The molecular weight excluding hydrogens is 332 g/mol. The molecule has 6 nitrogen and oxygen atoms in total. The number of H-pyrrole nitrogens is 1. The Morgan fingerprint density at radius 2 is 1.96 bits per heavy atom. The summed E-state index contributed by atoms with van der Waals surface area (Å²) in [6, 6.07) is 9.32. The molecule has 0 fully saturated rings. The van der Waals surface area contributed by atoms with Crippen LogP contribution in [0.25, 0.3) is 0 Å². The van der Waals surface area contributed by atoms with E-state index in [9.17, 15) is 19.5 Å². The summed E-state index contributed by atoms with van der Waals surface area (Å²) in [6.45, 7) is 1.78. The molecule has 2 aromatic rings. The van der Waals surface area contributed by atoms with Crippen LogP contribution in [0, 0.1) is 12.8 Å². The Balaban J connectivity index is 1.69. The van der Waals surface area contributed by atoms with Crippen molar-refractivity contribution in [3.05, 3.63) is 58.4 Å². The molecule has 1 aliphatic carbocycles. The van der Waals surface area contributed by atoms with Gasteiger partial charge in [-0.1, -0.05) is 30.3 Å². The minimum absolute atomic E-state index is 0.0279. The number of fused-ring (bicyclic) bond motifs is 1. The number of ketones is 1. The number of aliphatic carboxylic acids is 1. The summed E-state index contributed by atoms with van der Waals surface area (Å²) in [5.41, 5.74) is 3.35. The predicted octanol–water partition coefficient (Wildman–Crippen LogP) is 2.52. The van der Waals surface area contributed by atoms with Crippen LogP contribution in [0.3, 0.4) is 0 Å². The Labute approximate surface area is 151 Å². The van der Waals surface area contributed by atoms with Crippen molar-refractivity contribution in [1.82, 2.24) is 10.3 Å². The molecule has 1 heterocycles. The molecule has 1 atom stereocenters. The zero-order valence-electron chi connectivity index (χ0n) is 14.7. The Morgan fingerprint density at radius 3 is 2.62 bits per heavy atom. The molecule has 136 valence electrons.